The van der Waals surface area contributed by atoms with Crippen molar-refractivity contribution in [1.29, 1.82) is 0 Å². The molecule has 0 radical (unpaired) electrons. The smallest absolute Gasteiger partial charge is 0.234 e. The van der Waals surface area contributed by atoms with Crippen molar-refractivity contribution < 1.29 is 13.2 Å². The molecule has 2 heterocycles. The van der Waals surface area contributed by atoms with Gasteiger partial charge in [0.15, 0.2) is 9.84 Å². The number of piperidine rings is 1. The minimum Gasteiger partial charge on any atom is -0.342 e. The number of likely N-dealkylation sites (tertiary alicyclic amines) is 1. The molecule has 4 nitrogen and oxygen atoms in total. The highest BCUT2D eigenvalue weighted by Crippen LogP contribution is 2.45. The van der Waals surface area contributed by atoms with Gasteiger partial charge in [-0.3, -0.25) is 4.79 Å². The summed E-state index contributed by atoms with van der Waals surface area (Å²) in [5, 5.41) is 1.65. The molecule has 0 spiro atoms. The number of thiophene rings is 1. The van der Waals surface area contributed by atoms with Crippen molar-refractivity contribution in [2.45, 2.75) is 54.1 Å². The Morgan fingerprint density at radius 3 is 2.26 bits per heavy atom. The minimum absolute atomic E-state index is 0.206. The van der Waals surface area contributed by atoms with E-state index in [9.17, 15) is 13.2 Å². The molecule has 0 unspecified atom stereocenters. The van der Waals surface area contributed by atoms with E-state index in [1.165, 1.54) is 4.88 Å². The Morgan fingerprint density at radius 1 is 1.00 bits per heavy atom. The van der Waals surface area contributed by atoms with Gasteiger partial charge in [0.2, 0.25) is 5.91 Å². The van der Waals surface area contributed by atoms with E-state index in [0.29, 0.717) is 30.8 Å². The summed E-state index contributed by atoms with van der Waals surface area (Å²) in [6, 6.07) is 12.8. The molecule has 1 amide bonds. The molecule has 144 valence electrons. The molecule has 2 fully saturated rings. The quantitative estimate of drug-likeness (QED) is 0.775. The Balaban J connectivity index is 1.48. The van der Waals surface area contributed by atoms with Crippen molar-refractivity contribution in [2.24, 2.45) is 0 Å². The minimum atomic E-state index is -3.32. The standard InChI is InChI=1S/C21H25NO3S2/c23-20(21(12-4-5-13-21)19-9-6-16-26-19)22-14-10-18(11-15-22)27(24,25)17-7-2-1-3-8-17/h1-3,6-9,16,18H,4-5,10-15H2. The van der Waals surface area contributed by atoms with Crippen LogP contribution >= 0.6 is 11.3 Å². The second kappa shape index (κ2) is 7.40. The molecule has 0 atom stereocenters. The topological polar surface area (TPSA) is 54.5 Å². The lowest BCUT2D eigenvalue weighted by molar-refractivity contribution is -0.138. The fourth-order valence-electron chi connectivity index (χ4n) is 4.57. The molecule has 1 aliphatic heterocycles. The number of carbonyl (C=O) groups is 1. The molecule has 27 heavy (non-hydrogen) atoms. The van der Waals surface area contributed by atoms with Crippen LogP contribution in [0.15, 0.2) is 52.7 Å². The van der Waals surface area contributed by atoms with E-state index in [0.717, 1.165) is 25.7 Å². The molecule has 1 aliphatic carbocycles. The van der Waals surface area contributed by atoms with Crippen LogP contribution < -0.4 is 0 Å². The first-order valence-electron chi connectivity index (χ1n) is 9.66. The number of carbonyl (C=O) groups excluding carboxylic acids is 1. The van der Waals surface area contributed by atoms with Gasteiger partial charge in [0.25, 0.3) is 0 Å². The fourth-order valence-corrected chi connectivity index (χ4v) is 7.30. The molecule has 2 aliphatic rings. The Kier molecular flexibility index (Phi) is 5.12. The predicted molar refractivity (Wildman–Crippen MR) is 108 cm³/mol. The van der Waals surface area contributed by atoms with Gasteiger partial charge in [-0.05, 0) is 49.3 Å². The van der Waals surface area contributed by atoms with Crippen molar-refractivity contribution in [1.82, 2.24) is 4.90 Å². The van der Waals surface area contributed by atoms with Crippen molar-refractivity contribution >= 4 is 27.1 Å². The third-order valence-corrected chi connectivity index (χ3v) is 9.45. The van der Waals surface area contributed by atoms with E-state index in [2.05, 4.69) is 6.07 Å². The molecule has 6 heteroatoms. The molecule has 1 saturated carbocycles. The first-order valence-corrected chi connectivity index (χ1v) is 12.1. The van der Waals surface area contributed by atoms with Gasteiger partial charge in [-0.2, -0.15) is 0 Å². The number of hydrogen-bond acceptors (Lipinski definition) is 4. The molecule has 1 saturated heterocycles. The molecule has 2 aromatic rings. The number of sulfone groups is 1. The van der Waals surface area contributed by atoms with Crippen LogP contribution in [0.1, 0.15) is 43.4 Å². The lowest BCUT2D eigenvalue weighted by Gasteiger charge is -2.38. The first kappa shape index (κ1) is 18.7. The van der Waals surface area contributed by atoms with E-state index < -0.39 is 15.1 Å². The van der Waals surface area contributed by atoms with Gasteiger partial charge < -0.3 is 4.90 Å². The Morgan fingerprint density at radius 2 is 1.67 bits per heavy atom. The van der Waals surface area contributed by atoms with Crippen LogP contribution in [0, 0.1) is 0 Å². The van der Waals surface area contributed by atoms with Crippen LogP contribution in [0.5, 0.6) is 0 Å². The lowest BCUT2D eigenvalue weighted by atomic mass is 9.82. The van der Waals surface area contributed by atoms with Crippen LogP contribution in [0.4, 0.5) is 0 Å². The maximum Gasteiger partial charge on any atom is 0.234 e. The van der Waals surface area contributed by atoms with E-state index in [4.69, 9.17) is 0 Å². The van der Waals surface area contributed by atoms with Crippen LogP contribution in [-0.4, -0.2) is 37.6 Å². The lowest BCUT2D eigenvalue weighted by Crippen LogP contribution is -2.50. The van der Waals surface area contributed by atoms with Gasteiger partial charge in [-0.25, -0.2) is 8.42 Å². The number of amides is 1. The van der Waals surface area contributed by atoms with Gasteiger partial charge in [0.05, 0.1) is 15.6 Å². The van der Waals surface area contributed by atoms with Crippen molar-refractivity contribution in [2.75, 3.05) is 13.1 Å². The summed E-state index contributed by atoms with van der Waals surface area (Å²) in [5.41, 5.74) is -0.376. The van der Waals surface area contributed by atoms with E-state index in [1.807, 2.05) is 22.4 Å². The molecule has 0 bridgehead atoms. The van der Waals surface area contributed by atoms with Crippen molar-refractivity contribution in [3.05, 3.63) is 52.7 Å². The van der Waals surface area contributed by atoms with Gasteiger partial charge in [-0.15, -0.1) is 11.3 Å². The third kappa shape index (κ3) is 3.34. The van der Waals surface area contributed by atoms with Gasteiger partial charge >= 0.3 is 0 Å². The van der Waals surface area contributed by atoms with Crippen molar-refractivity contribution in [3.8, 4) is 0 Å². The van der Waals surface area contributed by atoms with E-state index in [-0.39, 0.29) is 11.3 Å². The largest absolute Gasteiger partial charge is 0.342 e. The van der Waals surface area contributed by atoms with Crippen molar-refractivity contribution in [3.63, 3.8) is 0 Å². The normalized spacial score (nSPS) is 20.7. The number of hydrogen-bond donors (Lipinski definition) is 0. The maximum atomic E-state index is 13.4. The summed E-state index contributed by atoms with van der Waals surface area (Å²) < 4.78 is 25.7. The molecular formula is C21H25NO3S2. The van der Waals surface area contributed by atoms with Gasteiger partial charge in [0, 0.05) is 18.0 Å². The summed E-state index contributed by atoms with van der Waals surface area (Å²) in [4.78, 5) is 16.9. The zero-order valence-electron chi connectivity index (χ0n) is 15.3. The van der Waals surface area contributed by atoms with E-state index in [1.54, 1.807) is 35.6 Å². The highest BCUT2D eigenvalue weighted by molar-refractivity contribution is 7.92. The number of nitrogens with zero attached hydrogens (tertiary/aromatic N) is 1. The summed E-state index contributed by atoms with van der Waals surface area (Å²) >= 11 is 1.67. The van der Waals surface area contributed by atoms with E-state index >= 15 is 0 Å². The molecule has 4 rings (SSSR count). The summed E-state index contributed by atoms with van der Waals surface area (Å²) in [5.74, 6) is 0.206. The highest BCUT2D eigenvalue weighted by atomic mass is 32.2. The third-order valence-electron chi connectivity index (χ3n) is 6.10. The SMILES string of the molecule is O=C(N1CCC(S(=O)(=O)c2ccccc2)CC1)C1(c2cccs2)CCCC1. The monoisotopic (exact) mass is 403 g/mol. The fraction of sp³-hybridized carbons (Fsp3) is 0.476. The predicted octanol–water partition coefficient (Wildman–Crippen LogP) is 4.02. The zero-order valence-corrected chi connectivity index (χ0v) is 17.0. The number of benzene rings is 1. The maximum absolute atomic E-state index is 13.4. The Hall–Kier alpha value is -1.66. The summed E-state index contributed by atoms with van der Waals surface area (Å²) in [6.07, 6.45) is 5.03. The Bertz CT molecular complexity index is 877. The van der Waals surface area contributed by atoms with Gasteiger partial charge in [-0.1, -0.05) is 37.1 Å². The first-order chi connectivity index (χ1) is 13.0. The molecule has 1 aromatic heterocycles. The molecule has 1 aromatic carbocycles. The Labute approximate surface area is 165 Å². The highest BCUT2D eigenvalue weighted by Gasteiger charge is 2.46. The summed E-state index contributed by atoms with van der Waals surface area (Å²) in [6.45, 7) is 1.06. The average molecular weight is 404 g/mol. The second-order valence-corrected chi connectivity index (χ2v) is 10.8. The van der Waals surface area contributed by atoms with Crippen LogP contribution in [-0.2, 0) is 20.0 Å². The average Bonchev–Trinajstić information content (AvgIpc) is 3.41. The second-order valence-electron chi connectivity index (χ2n) is 7.62. The van der Waals surface area contributed by atoms with Crippen LogP contribution in [0.25, 0.3) is 0 Å². The van der Waals surface area contributed by atoms with Crippen LogP contribution in [0.2, 0.25) is 0 Å². The molecular weight excluding hydrogens is 378 g/mol. The van der Waals surface area contributed by atoms with Crippen LogP contribution in [0.3, 0.4) is 0 Å². The number of rotatable bonds is 4. The summed E-state index contributed by atoms with van der Waals surface area (Å²) in [7, 11) is -3.32. The van der Waals surface area contributed by atoms with Gasteiger partial charge in [0.1, 0.15) is 0 Å². The zero-order chi connectivity index (χ0) is 18.9. The molecule has 0 N–H and O–H groups in total.